The normalized spacial score (nSPS) is 18.4. The molecule has 1 aliphatic rings. The number of nitrogens with zero attached hydrogens (tertiary/aromatic N) is 2. The van der Waals surface area contributed by atoms with E-state index in [0.29, 0.717) is 5.76 Å². The Bertz CT molecular complexity index is 1070. The highest BCUT2D eigenvalue weighted by atomic mass is 19.4. The lowest BCUT2D eigenvalue weighted by Gasteiger charge is -2.34. The van der Waals surface area contributed by atoms with Crippen LogP contribution in [0.25, 0.3) is 0 Å². The van der Waals surface area contributed by atoms with Crippen LogP contribution in [0.5, 0.6) is 0 Å². The molecule has 4 rings (SSSR count). The van der Waals surface area contributed by atoms with E-state index in [0.717, 1.165) is 27.8 Å². The summed E-state index contributed by atoms with van der Waals surface area (Å²) in [4.78, 5) is 12.8. The van der Waals surface area contributed by atoms with E-state index in [9.17, 15) is 18.0 Å². The molecule has 1 aliphatic heterocycles. The number of anilines is 1. The number of rotatable bonds is 5. The third-order valence-electron chi connectivity index (χ3n) is 5.68. The summed E-state index contributed by atoms with van der Waals surface area (Å²) in [5, 5.41) is 9.73. The molecule has 0 radical (unpaired) electrons. The summed E-state index contributed by atoms with van der Waals surface area (Å²) in [7, 11) is 0. The summed E-state index contributed by atoms with van der Waals surface area (Å²) >= 11 is 0. The number of hydrogen-bond donors (Lipinski definition) is 2. The number of alkyl halides is 3. The predicted octanol–water partition coefficient (Wildman–Crippen LogP) is 4.94. The zero-order chi connectivity index (χ0) is 22.2. The number of benzene rings is 1. The number of hydrogen-bond acceptors (Lipinski definition) is 4. The van der Waals surface area contributed by atoms with Crippen LogP contribution < -0.4 is 10.6 Å². The number of fused-ring (bicyclic) bond motifs is 1. The van der Waals surface area contributed by atoms with Gasteiger partial charge in [-0.3, -0.25) is 4.79 Å². The highest BCUT2D eigenvalue weighted by molar-refractivity contribution is 5.98. The summed E-state index contributed by atoms with van der Waals surface area (Å²) in [5.74, 6) is 0.236. The van der Waals surface area contributed by atoms with Gasteiger partial charge >= 0.3 is 6.18 Å². The fourth-order valence-electron chi connectivity index (χ4n) is 3.80. The van der Waals surface area contributed by atoms with Crippen LogP contribution in [0.1, 0.15) is 58.2 Å². The molecule has 3 aromatic rings. The number of carbonyl (C=O) groups excluding carboxylic acids is 1. The molecule has 0 spiro atoms. The Kier molecular flexibility index (Phi) is 5.51. The van der Waals surface area contributed by atoms with E-state index in [-0.39, 0.29) is 24.3 Å². The monoisotopic (exact) mass is 432 g/mol. The number of amides is 1. The van der Waals surface area contributed by atoms with Gasteiger partial charge in [0.05, 0.1) is 18.5 Å². The average molecular weight is 432 g/mol. The lowest BCUT2D eigenvalue weighted by atomic mass is 9.95. The predicted molar refractivity (Wildman–Crippen MR) is 109 cm³/mol. The summed E-state index contributed by atoms with van der Waals surface area (Å²) < 4.78 is 47.5. The number of halogens is 3. The van der Waals surface area contributed by atoms with Crippen molar-refractivity contribution >= 4 is 11.7 Å². The second-order valence-corrected chi connectivity index (χ2v) is 7.62. The Morgan fingerprint density at radius 3 is 2.65 bits per heavy atom. The first kappa shape index (κ1) is 21.0. The molecule has 6 nitrogen and oxygen atoms in total. The van der Waals surface area contributed by atoms with Gasteiger partial charge in [0, 0.05) is 18.5 Å². The van der Waals surface area contributed by atoms with E-state index in [1.807, 2.05) is 31.2 Å². The van der Waals surface area contributed by atoms with E-state index in [1.54, 1.807) is 13.0 Å². The van der Waals surface area contributed by atoms with Gasteiger partial charge in [-0.15, -0.1) is 0 Å². The smallest absolute Gasteiger partial charge is 0.410 e. The molecule has 0 saturated heterocycles. The molecule has 0 fully saturated rings. The fraction of sp³-hybridized carbons (Fsp3) is 0.364. The first-order valence-electron chi connectivity index (χ1n) is 10.1. The maximum absolute atomic E-state index is 13.8. The van der Waals surface area contributed by atoms with Crippen LogP contribution in [0.15, 0.2) is 47.2 Å². The largest absolute Gasteiger partial charge is 0.469 e. The number of aryl methyl sites for hydroxylation is 2. The minimum absolute atomic E-state index is 0.0690. The van der Waals surface area contributed by atoms with Gasteiger partial charge in [0.25, 0.3) is 5.91 Å². The van der Waals surface area contributed by atoms with Crippen molar-refractivity contribution in [3.63, 3.8) is 0 Å². The maximum atomic E-state index is 13.8. The third kappa shape index (κ3) is 4.17. The van der Waals surface area contributed by atoms with E-state index in [1.165, 1.54) is 12.5 Å². The Balaban J connectivity index is 1.62. The van der Waals surface area contributed by atoms with Gasteiger partial charge in [-0.2, -0.15) is 18.3 Å². The van der Waals surface area contributed by atoms with E-state index >= 15 is 0 Å². The Morgan fingerprint density at radius 1 is 1.29 bits per heavy atom. The Morgan fingerprint density at radius 2 is 2.03 bits per heavy atom. The molecule has 1 amide bonds. The lowest BCUT2D eigenvalue weighted by Crippen LogP contribution is -2.36. The van der Waals surface area contributed by atoms with Gasteiger partial charge in [0.1, 0.15) is 17.1 Å². The molecule has 2 aromatic heterocycles. The molecule has 2 atom stereocenters. The van der Waals surface area contributed by atoms with Gasteiger partial charge < -0.3 is 15.1 Å². The quantitative estimate of drug-likeness (QED) is 0.599. The van der Waals surface area contributed by atoms with Crippen LogP contribution >= 0.6 is 0 Å². The van der Waals surface area contributed by atoms with Crippen LogP contribution in [0.3, 0.4) is 0 Å². The summed E-state index contributed by atoms with van der Waals surface area (Å²) in [6.07, 6.45) is -1.16. The topological polar surface area (TPSA) is 72.1 Å². The van der Waals surface area contributed by atoms with Gasteiger partial charge in [-0.25, -0.2) is 4.68 Å². The first-order chi connectivity index (χ1) is 14.8. The van der Waals surface area contributed by atoms with Crippen molar-refractivity contribution in [3.05, 3.63) is 70.8 Å². The molecular weight excluding hydrogens is 409 g/mol. The molecule has 0 aliphatic carbocycles. The van der Waals surface area contributed by atoms with Crippen molar-refractivity contribution in [1.82, 2.24) is 15.1 Å². The molecular formula is C22H23F3N4O2. The minimum atomic E-state index is -4.49. The van der Waals surface area contributed by atoms with Crippen molar-refractivity contribution < 1.29 is 22.4 Å². The Labute approximate surface area is 177 Å². The van der Waals surface area contributed by atoms with E-state index < -0.39 is 24.2 Å². The number of aromatic nitrogens is 2. The van der Waals surface area contributed by atoms with Crippen LogP contribution in [0.4, 0.5) is 19.0 Å². The highest BCUT2D eigenvalue weighted by Crippen LogP contribution is 2.44. The minimum Gasteiger partial charge on any atom is -0.469 e. The first-order valence-corrected chi connectivity index (χ1v) is 10.1. The van der Waals surface area contributed by atoms with Crippen LogP contribution in [-0.2, 0) is 13.0 Å². The maximum Gasteiger partial charge on any atom is 0.410 e. The van der Waals surface area contributed by atoms with Gasteiger partial charge in [-0.05, 0) is 30.5 Å². The van der Waals surface area contributed by atoms with Crippen molar-refractivity contribution in [3.8, 4) is 0 Å². The second-order valence-electron chi connectivity index (χ2n) is 7.62. The SMILES string of the molecule is CCc1ccc([C@H]2C[C@@H](C(F)(F)F)n3ncc(C(=O)NCc4ccoc4C)c3N2)cc1. The molecule has 0 unspecified atom stereocenters. The molecule has 0 saturated carbocycles. The molecule has 31 heavy (non-hydrogen) atoms. The van der Waals surface area contributed by atoms with Crippen molar-refractivity contribution in [1.29, 1.82) is 0 Å². The molecule has 3 heterocycles. The van der Waals surface area contributed by atoms with Gasteiger partial charge in [-0.1, -0.05) is 31.2 Å². The average Bonchev–Trinajstić information content (AvgIpc) is 3.36. The Hall–Kier alpha value is -3.23. The number of nitrogens with one attached hydrogen (secondary N) is 2. The molecule has 164 valence electrons. The fourth-order valence-corrected chi connectivity index (χ4v) is 3.80. The van der Waals surface area contributed by atoms with Gasteiger partial charge in [0.2, 0.25) is 0 Å². The van der Waals surface area contributed by atoms with Crippen LogP contribution in [-0.4, -0.2) is 21.9 Å². The number of carbonyl (C=O) groups is 1. The summed E-state index contributed by atoms with van der Waals surface area (Å²) in [6.45, 7) is 3.99. The zero-order valence-electron chi connectivity index (χ0n) is 17.2. The van der Waals surface area contributed by atoms with Gasteiger partial charge in [0.15, 0.2) is 6.04 Å². The third-order valence-corrected chi connectivity index (χ3v) is 5.68. The zero-order valence-corrected chi connectivity index (χ0v) is 17.2. The van der Waals surface area contributed by atoms with Crippen LogP contribution in [0.2, 0.25) is 0 Å². The van der Waals surface area contributed by atoms with Crippen LogP contribution in [0, 0.1) is 6.92 Å². The molecule has 0 bridgehead atoms. The lowest BCUT2D eigenvalue weighted by molar-refractivity contribution is -0.173. The van der Waals surface area contributed by atoms with Crippen molar-refractivity contribution in [2.45, 2.75) is 51.5 Å². The van der Waals surface area contributed by atoms with E-state index in [2.05, 4.69) is 15.7 Å². The van der Waals surface area contributed by atoms with Crippen molar-refractivity contribution in [2.75, 3.05) is 5.32 Å². The van der Waals surface area contributed by atoms with Crippen molar-refractivity contribution in [2.24, 2.45) is 0 Å². The number of furan rings is 1. The summed E-state index contributed by atoms with van der Waals surface area (Å²) in [6, 6.07) is 6.80. The highest BCUT2D eigenvalue weighted by Gasteiger charge is 2.47. The molecule has 2 N–H and O–H groups in total. The molecule has 1 aromatic carbocycles. The van der Waals surface area contributed by atoms with E-state index in [4.69, 9.17) is 4.42 Å². The summed E-state index contributed by atoms with van der Waals surface area (Å²) in [5.41, 5.74) is 2.71. The second kappa shape index (κ2) is 8.13. The standard InChI is InChI=1S/C22H23F3N4O2/c1-3-14-4-6-15(7-5-14)18-10-19(22(23,24)25)29-20(28-18)17(12-27-29)21(30)26-11-16-8-9-31-13(16)2/h4-9,12,18-19,28H,3,10-11H2,1-2H3,(H,26,30)/t18-,19+/m1/s1. The molecule has 9 heteroatoms.